The van der Waals surface area contributed by atoms with Gasteiger partial charge in [0.15, 0.2) is 0 Å². The highest BCUT2D eigenvalue weighted by Crippen LogP contribution is 2.33. The Hall–Kier alpha value is -1.26. The molecule has 0 amide bonds. The molecule has 0 aromatic carbocycles. The predicted molar refractivity (Wildman–Crippen MR) is 68.1 cm³/mol. The molecule has 2 aromatic rings. The van der Waals surface area contributed by atoms with Gasteiger partial charge in [-0.05, 0) is 30.5 Å². The minimum absolute atomic E-state index is 0.587. The van der Waals surface area contributed by atoms with Gasteiger partial charge in [-0.2, -0.15) is 0 Å². The third-order valence-electron chi connectivity index (χ3n) is 3.06. The van der Waals surface area contributed by atoms with Crippen LogP contribution in [-0.4, -0.2) is 23.2 Å². The molecule has 0 bridgehead atoms. The first-order chi connectivity index (χ1) is 8.43. The lowest BCUT2D eigenvalue weighted by Gasteiger charge is -2.19. The van der Waals surface area contributed by atoms with E-state index in [1.807, 2.05) is 30.7 Å². The highest BCUT2D eigenvalue weighted by Gasteiger charge is 2.19. The molecular formula is C13H14N2OS. The van der Waals surface area contributed by atoms with E-state index in [0.29, 0.717) is 5.92 Å². The fraction of sp³-hybridized carbons (Fsp3) is 0.385. The molecule has 0 saturated carbocycles. The van der Waals surface area contributed by atoms with Crippen LogP contribution in [0.15, 0.2) is 30.7 Å². The quantitative estimate of drug-likeness (QED) is 0.816. The van der Waals surface area contributed by atoms with Crippen molar-refractivity contribution in [3.8, 4) is 10.4 Å². The average molecular weight is 246 g/mol. The lowest BCUT2D eigenvalue weighted by molar-refractivity contribution is 0.0853. The van der Waals surface area contributed by atoms with Crippen LogP contribution < -0.4 is 0 Å². The fourth-order valence-corrected chi connectivity index (χ4v) is 3.16. The van der Waals surface area contributed by atoms with E-state index in [0.717, 1.165) is 26.1 Å². The van der Waals surface area contributed by atoms with E-state index in [1.54, 1.807) is 11.3 Å². The predicted octanol–water partition coefficient (Wildman–Crippen LogP) is 3.10. The first-order valence-electron chi connectivity index (χ1n) is 5.87. The van der Waals surface area contributed by atoms with E-state index in [9.17, 15) is 0 Å². The second-order valence-corrected chi connectivity index (χ2v) is 5.25. The number of rotatable bonds is 2. The molecule has 1 aliphatic heterocycles. The van der Waals surface area contributed by atoms with Gasteiger partial charge in [-0.25, -0.2) is 4.98 Å². The summed E-state index contributed by atoms with van der Waals surface area (Å²) in [6.45, 7) is 1.74. The minimum atomic E-state index is 0.587. The zero-order valence-electron chi connectivity index (χ0n) is 9.50. The number of pyridine rings is 1. The Labute approximate surface area is 105 Å². The number of hydrogen-bond acceptors (Lipinski definition) is 4. The molecule has 0 unspecified atom stereocenters. The van der Waals surface area contributed by atoms with Crippen molar-refractivity contribution in [3.05, 3.63) is 35.7 Å². The third kappa shape index (κ3) is 2.37. The van der Waals surface area contributed by atoms with Gasteiger partial charge in [-0.1, -0.05) is 0 Å². The Morgan fingerprint density at radius 1 is 1.18 bits per heavy atom. The maximum atomic E-state index is 5.38. The Morgan fingerprint density at radius 2 is 1.94 bits per heavy atom. The number of aromatic nitrogens is 2. The van der Waals surface area contributed by atoms with Gasteiger partial charge in [-0.3, -0.25) is 4.98 Å². The van der Waals surface area contributed by atoms with E-state index in [2.05, 4.69) is 9.97 Å². The van der Waals surface area contributed by atoms with Gasteiger partial charge in [0.1, 0.15) is 0 Å². The molecule has 1 saturated heterocycles. The van der Waals surface area contributed by atoms with Crippen LogP contribution >= 0.6 is 11.3 Å². The molecule has 3 rings (SSSR count). The van der Waals surface area contributed by atoms with Crippen molar-refractivity contribution < 1.29 is 4.74 Å². The van der Waals surface area contributed by atoms with E-state index in [4.69, 9.17) is 4.74 Å². The summed E-state index contributed by atoms with van der Waals surface area (Å²) in [5.41, 5.74) is 1.20. The van der Waals surface area contributed by atoms with Crippen LogP contribution in [0.4, 0.5) is 0 Å². The summed E-state index contributed by atoms with van der Waals surface area (Å²) in [5, 5.41) is 1.25. The molecule has 0 atom stereocenters. The van der Waals surface area contributed by atoms with Crippen LogP contribution in [0.25, 0.3) is 10.4 Å². The zero-order valence-corrected chi connectivity index (χ0v) is 10.3. The van der Waals surface area contributed by atoms with Crippen LogP contribution in [0, 0.1) is 0 Å². The summed E-state index contributed by atoms with van der Waals surface area (Å²) in [6.07, 6.45) is 7.82. The highest BCUT2D eigenvalue weighted by atomic mass is 32.1. The molecule has 3 heterocycles. The van der Waals surface area contributed by atoms with Crippen LogP contribution in [0.2, 0.25) is 0 Å². The van der Waals surface area contributed by atoms with E-state index in [1.165, 1.54) is 15.4 Å². The fourth-order valence-electron chi connectivity index (χ4n) is 2.07. The van der Waals surface area contributed by atoms with Crippen molar-refractivity contribution in [2.75, 3.05) is 13.2 Å². The van der Waals surface area contributed by atoms with Crippen molar-refractivity contribution in [2.24, 2.45) is 0 Å². The van der Waals surface area contributed by atoms with Gasteiger partial charge in [0.05, 0.1) is 9.88 Å². The maximum absolute atomic E-state index is 5.38. The van der Waals surface area contributed by atoms with Gasteiger partial charge in [0.2, 0.25) is 0 Å². The monoisotopic (exact) mass is 246 g/mol. The lowest BCUT2D eigenvalue weighted by Crippen LogP contribution is -2.13. The molecular weight excluding hydrogens is 232 g/mol. The van der Waals surface area contributed by atoms with E-state index < -0.39 is 0 Å². The average Bonchev–Trinajstić information content (AvgIpc) is 2.90. The van der Waals surface area contributed by atoms with Gasteiger partial charge in [0.25, 0.3) is 0 Å². The highest BCUT2D eigenvalue weighted by molar-refractivity contribution is 7.15. The molecule has 88 valence electrons. The Kier molecular flexibility index (Phi) is 3.16. The standard InChI is InChI=1S/C13H14N2OS/c1-5-14-6-2-10(1)12-9-15-13(17-12)11-3-7-16-8-4-11/h1-2,5-6,9,11H,3-4,7-8H2. The van der Waals surface area contributed by atoms with Crippen molar-refractivity contribution in [2.45, 2.75) is 18.8 Å². The van der Waals surface area contributed by atoms with Crippen LogP contribution in [-0.2, 0) is 4.74 Å². The van der Waals surface area contributed by atoms with Gasteiger partial charge in [0, 0.05) is 37.7 Å². The molecule has 1 aliphatic rings. The lowest BCUT2D eigenvalue weighted by atomic mass is 10.0. The molecule has 4 heteroatoms. The number of nitrogens with zero attached hydrogens (tertiary/aromatic N) is 2. The summed E-state index contributed by atoms with van der Waals surface area (Å²) in [7, 11) is 0. The van der Waals surface area contributed by atoms with E-state index in [-0.39, 0.29) is 0 Å². The molecule has 2 aromatic heterocycles. The van der Waals surface area contributed by atoms with Crippen LogP contribution in [0.3, 0.4) is 0 Å². The van der Waals surface area contributed by atoms with Crippen molar-refractivity contribution in [1.29, 1.82) is 0 Å². The molecule has 17 heavy (non-hydrogen) atoms. The van der Waals surface area contributed by atoms with Crippen molar-refractivity contribution in [3.63, 3.8) is 0 Å². The largest absolute Gasteiger partial charge is 0.381 e. The Morgan fingerprint density at radius 3 is 2.71 bits per heavy atom. The second-order valence-electron chi connectivity index (χ2n) is 4.19. The minimum Gasteiger partial charge on any atom is -0.381 e. The summed E-state index contributed by atoms with van der Waals surface area (Å²) in [5.74, 6) is 0.587. The van der Waals surface area contributed by atoms with E-state index >= 15 is 0 Å². The first-order valence-corrected chi connectivity index (χ1v) is 6.69. The Balaban J connectivity index is 1.83. The molecule has 1 fully saturated rings. The molecule has 0 spiro atoms. The van der Waals surface area contributed by atoms with Crippen LogP contribution in [0.1, 0.15) is 23.8 Å². The topological polar surface area (TPSA) is 35.0 Å². The summed E-state index contributed by atoms with van der Waals surface area (Å²) in [4.78, 5) is 9.82. The molecule has 0 N–H and O–H groups in total. The van der Waals surface area contributed by atoms with Gasteiger partial charge < -0.3 is 4.74 Å². The third-order valence-corrected chi connectivity index (χ3v) is 4.27. The molecule has 0 aliphatic carbocycles. The van der Waals surface area contributed by atoms with Gasteiger partial charge in [-0.15, -0.1) is 11.3 Å². The van der Waals surface area contributed by atoms with Crippen LogP contribution in [0.5, 0.6) is 0 Å². The second kappa shape index (κ2) is 4.94. The first kappa shape index (κ1) is 10.9. The Bertz CT molecular complexity index is 477. The SMILES string of the molecule is c1cc(-c2cnc(C3CCOCC3)s2)ccn1. The number of ether oxygens (including phenoxy) is 1. The normalized spacial score (nSPS) is 17.2. The molecule has 0 radical (unpaired) electrons. The summed E-state index contributed by atoms with van der Waals surface area (Å²) in [6, 6.07) is 4.06. The van der Waals surface area contributed by atoms with Gasteiger partial charge >= 0.3 is 0 Å². The molecule has 3 nitrogen and oxygen atoms in total. The van der Waals surface area contributed by atoms with Crippen molar-refractivity contribution in [1.82, 2.24) is 9.97 Å². The summed E-state index contributed by atoms with van der Waals surface area (Å²) >= 11 is 1.80. The number of hydrogen-bond donors (Lipinski definition) is 0. The van der Waals surface area contributed by atoms with Crippen molar-refractivity contribution >= 4 is 11.3 Å². The summed E-state index contributed by atoms with van der Waals surface area (Å²) < 4.78 is 5.38. The maximum Gasteiger partial charge on any atom is 0.0963 e. The smallest absolute Gasteiger partial charge is 0.0963 e. The number of thiazole rings is 1. The zero-order chi connectivity index (χ0) is 11.5.